The first-order valence-electron chi connectivity index (χ1n) is 8.61. The first-order valence-corrected chi connectivity index (χ1v) is 8.61. The van der Waals surface area contributed by atoms with Gasteiger partial charge in [0, 0.05) is 5.69 Å². The Bertz CT molecular complexity index is 1230. The van der Waals surface area contributed by atoms with E-state index in [2.05, 4.69) is 25.4 Å². The quantitative estimate of drug-likeness (QED) is 0.581. The SMILES string of the molecule is Cc1cc(C)n(-c2ncc(NC(=O)Cn3cnc4ccccc4c3=O)cn2)n1. The maximum atomic E-state index is 12.5. The predicted molar refractivity (Wildman–Crippen MR) is 103 cm³/mol. The number of amides is 1. The summed E-state index contributed by atoms with van der Waals surface area (Å²) in [6.45, 7) is 3.64. The molecule has 0 aliphatic carbocycles. The second-order valence-corrected chi connectivity index (χ2v) is 6.35. The molecule has 1 amide bonds. The van der Waals surface area contributed by atoms with E-state index in [-0.39, 0.29) is 18.0 Å². The van der Waals surface area contributed by atoms with E-state index in [0.717, 1.165) is 11.4 Å². The maximum Gasteiger partial charge on any atom is 0.261 e. The first kappa shape index (κ1) is 17.5. The van der Waals surface area contributed by atoms with Crippen LogP contribution in [0.5, 0.6) is 0 Å². The molecule has 4 rings (SSSR count). The highest BCUT2D eigenvalue weighted by atomic mass is 16.2. The minimum Gasteiger partial charge on any atom is -0.322 e. The molecular formula is C19H17N7O2. The number of carbonyl (C=O) groups excluding carboxylic acids is 1. The molecule has 0 bridgehead atoms. The number of carbonyl (C=O) groups is 1. The summed E-state index contributed by atoms with van der Waals surface area (Å²) in [7, 11) is 0. The molecule has 0 aliphatic rings. The van der Waals surface area contributed by atoms with Gasteiger partial charge in [-0.05, 0) is 32.0 Å². The molecule has 0 fully saturated rings. The van der Waals surface area contributed by atoms with Crippen molar-refractivity contribution in [1.29, 1.82) is 0 Å². The summed E-state index contributed by atoms with van der Waals surface area (Å²) in [5.74, 6) is 0.0418. The lowest BCUT2D eigenvalue weighted by molar-refractivity contribution is -0.116. The normalized spacial score (nSPS) is 10.9. The summed E-state index contributed by atoms with van der Waals surface area (Å²) in [5, 5.41) is 7.47. The van der Waals surface area contributed by atoms with Gasteiger partial charge in [-0.25, -0.2) is 19.6 Å². The summed E-state index contributed by atoms with van der Waals surface area (Å²) >= 11 is 0. The van der Waals surface area contributed by atoms with E-state index in [4.69, 9.17) is 0 Å². The third kappa shape index (κ3) is 3.37. The fraction of sp³-hybridized carbons (Fsp3) is 0.158. The van der Waals surface area contributed by atoms with E-state index in [1.165, 1.54) is 23.3 Å². The van der Waals surface area contributed by atoms with Crippen LogP contribution in [0.25, 0.3) is 16.9 Å². The van der Waals surface area contributed by atoms with Crippen LogP contribution < -0.4 is 10.9 Å². The number of fused-ring (bicyclic) bond motifs is 1. The van der Waals surface area contributed by atoms with Crippen LogP contribution in [0, 0.1) is 13.8 Å². The van der Waals surface area contributed by atoms with E-state index in [9.17, 15) is 9.59 Å². The zero-order chi connectivity index (χ0) is 19.7. The number of aryl methyl sites for hydroxylation is 2. The van der Waals surface area contributed by atoms with E-state index in [0.29, 0.717) is 22.5 Å². The molecule has 28 heavy (non-hydrogen) atoms. The van der Waals surface area contributed by atoms with E-state index in [1.54, 1.807) is 22.9 Å². The number of hydrogen-bond donors (Lipinski definition) is 1. The Kier molecular flexibility index (Phi) is 4.40. The third-order valence-corrected chi connectivity index (χ3v) is 4.17. The first-order chi connectivity index (χ1) is 13.5. The van der Waals surface area contributed by atoms with Crippen molar-refractivity contribution in [2.45, 2.75) is 20.4 Å². The molecule has 9 nitrogen and oxygen atoms in total. The van der Waals surface area contributed by atoms with Crippen molar-refractivity contribution in [3.8, 4) is 5.95 Å². The number of hydrogen-bond acceptors (Lipinski definition) is 6. The van der Waals surface area contributed by atoms with Gasteiger partial charge in [0.2, 0.25) is 5.91 Å². The van der Waals surface area contributed by atoms with Gasteiger partial charge in [0.15, 0.2) is 0 Å². The molecule has 0 unspecified atom stereocenters. The summed E-state index contributed by atoms with van der Waals surface area (Å²) in [5.41, 5.74) is 2.54. The summed E-state index contributed by atoms with van der Waals surface area (Å²) in [6.07, 6.45) is 4.36. The Morgan fingerprint density at radius 1 is 1.11 bits per heavy atom. The molecule has 1 N–H and O–H groups in total. The van der Waals surface area contributed by atoms with Crippen molar-refractivity contribution in [3.63, 3.8) is 0 Å². The largest absolute Gasteiger partial charge is 0.322 e. The van der Waals surface area contributed by atoms with Gasteiger partial charge < -0.3 is 5.32 Å². The Morgan fingerprint density at radius 2 is 1.86 bits per heavy atom. The number of rotatable bonds is 4. The van der Waals surface area contributed by atoms with Gasteiger partial charge in [0.1, 0.15) is 6.54 Å². The van der Waals surface area contributed by atoms with Gasteiger partial charge in [-0.1, -0.05) is 12.1 Å². The van der Waals surface area contributed by atoms with E-state index in [1.807, 2.05) is 26.0 Å². The van der Waals surface area contributed by atoms with E-state index < -0.39 is 0 Å². The minimum atomic E-state index is -0.373. The van der Waals surface area contributed by atoms with Crippen molar-refractivity contribution < 1.29 is 4.79 Å². The van der Waals surface area contributed by atoms with Crippen LogP contribution in [0.2, 0.25) is 0 Å². The Balaban J connectivity index is 1.49. The molecule has 0 spiro atoms. The third-order valence-electron chi connectivity index (χ3n) is 4.17. The van der Waals surface area contributed by atoms with Crippen LogP contribution >= 0.6 is 0 Å². The van der Waals surface area contributed by atoms with Crippen LogP contribution in [0.4, 0.5) is 5.69 Å². The highest BCUT2D eigenvalue weighted by Gasteiger charge is 2.10. The summed E-state index contributed by atoms with van der Waals surface area (Å²) in [6, 6.07) is 8.93. The second kappa shape index (κ2) is 7.03. The van der Waals surface area contributed by atoms with Gasteiger partial charge in [-0.2, -0.15) is 5.10 Å². The van der Waals surface area contributed by atoms with Crippen molar-refractivity contribution in [1.82, 2.24) is 29.3 Å². The number of para-hydroxylation sites is 1. The molecular weight excluding hydrogens is 358 g/mol. The van der Waals surface area contributed by atoms with Crippen LogP contribution in [-0.4, -0.2) is 35.2 Å². The van der Waals surface area contributed by atoms with E-state index >= 15 is 0 Å². The molecule has 0 radical (unpaired) electrons. The van der Waals surface area contributed by atoms with Crippen LogP contribution in [0.15, 0.2) is 53.8 Å². The average Bonchev–Trinajstić information content (AvgIpc) is 3.03. The molecule has 4 aromatic rings. The van der Waals surface area contributed by atoms with Gasteiger partial charge in [-0.3, -0.25) is 14.2 Å². The van der Waals surface area contributed by atoms with Crippen LogP contribution in [0.3, 0.4) is 0 Å². The molecule has 0 saturated carbocycles. The maximum absolute atomic E-state index is 12.5. The predicted octanol–water partition coefficient (Wildman–Crippen LogP) is 1.63. The molecule has 140 valence electrons. The van der Waals surface area contributed by atoms with Gasteiger partial charge >= 0.3 is 0 Å². The molecule has 3 aromatic heterocycles. The minimum absolute atomic E-state index is 0.157. The van der Waals surface area contributed by atoms with Crippen molar-refractivity contribution in [2.75, 3.05) is 5.32 Å². The van der Waals surface area contributed by atoms with Gasteiger partial charge in [0.05, 0.1) is 41.0 Å². The smallest absolute Gasteiger partial charge is 0.261 e. The highest BCUT2D eigenvalue weighted by Crippen LogP contribution is 2.10. The lowest BCUT2D eigenvalue weighted by Gasteiger charge is -2.08. The molecule has 0 aliphatic heterocycles. The highest BCUT2D eigenvalue weighted by molar-refractivity contribution is 5.90. The second-order valence-electron chi connectivity index (χ2n) is 6.35. The van der Waals surface area contributed by atoms with Crippen molar-refractivity contribution in [3.05, 3.63) is 70.8 Å². The lowest BCUT2D eigenvalue weighted by atomic mass is 10.2. The standard InChI is InChI=1S/C19H17N7O2/c1-12-7-13(2)26(24-12)19-20-8-14(9-21-19)23-17(27)10-25-11-22-16-6-4-3-5-15(16)18(25)28/h3-9,11H,10H2,1-2H3,(H,23,27). The molecule has 1 aromatic carbocycles. The zero-order valence-electron chi connectivity index (χ0n) is 15.3. The summed E-state index contributed by atoms with van der Waals surface area (Å²) in [4.78, 5) is 37.4. The number of aromatic nitrogens is 6. The number of nitrogens with zero attached hydrogens (tertiary/aromatic N) is 6. The average molecular weight is 375 g/mol. The van der Waals surface area contributed by atoms with Crippen LogP contribution in [0.1, 0.15) is 11.4 Å². The number of anilines is 1. The monoisotopic (exact) mass is 375 g/mol. The Morgan fingerprint density at radius 3 is 2.57 bits per heavy atom. The topological polar surface area (TPSA) is 108 Å². The van der Waals surface area contributed by atoms with Crippen molar-refractivity contribution in [2.24, 2.45) is 0 Å². The molecule has 0 saturated heterocycles. The summed E-state index contributed by atoms with van der Waals surface area (Å²) < 4.78 is 2.89. The van der Waals surface area contributed by atoms with Crippen molar-refractivity contribution >= 4 is 22.5 Å². The van der Waals surface area contributed by atoms with Crippen LogP contribution in [-0.2, 0) is 11.3 Å². The molecule has 3 heterocycles. The Hall–Kier alpha value is -3.88. The van der Waals surface area contributed by atoms with Gasteiger partial charge in [0.25, 0.3) is 11.5 Å². The number of nitrogens with one attached hydrogen (secondary N) is 1. The fourth-order valence-electron chi connectivity index (χ4n) is 2.90. The fourth-order valence-corrected chi connectivity index (χ4v) is 2.90. The lowest BCUT2D eigenvalue weighted by Crippen LogP contribution is -2.28. The zero-order valence-corrected chi connectivity index (χ0v) is 15.3. The van der Waals surface area contributed by atoms with Gasteiger partial charge in [-0.15, -0.1) is 0 Å². The Labute approximate surface area is 159 Å². The molecule has 9 heteroatoms. The molecule has 0 atom stereocenters. The number of benzene rings is 1.